The second kappa shape index (κ2) is 8.91. The SMILES string of the molecule is O=C(NCc1ccc(F)c(F)c1)c1cc(C(=O)Nc2ccccc2)c(Br)cc1F. The molecule has 0 aliphatic carbocycles. The normalized spacial score (nSPS) is 10.5. The van der Waals surface area contributed by atoms with Crippen LogP contribution in [0, 0.1) is 17.5 Å². The summed E-state index contributed by atoms with van der Waals surface area (Å²) in [5, 5.41) is 5.08. The molecule has 8 heteroatoms. The van der Waals surface area contributed by atoms with E-state index >= 15 is 0 Å². The summed E-state index contributed by atoms with van der Waals surface area (Å²) in [5.41, 5.74) is 0.553. The van der Waals surface area contributed by atoms with E-state index in [1.165, 1.54) is 6.07 Å². The molecule has 0 atom stereocenters. The molecule has 0 spiro atoms. The predicted octanol–water partition coefficient (Wildman–Crippen LogP) is 5.05. The van der Waals surface area contributed by atoms with Crippen molar-refractivity contribution in [3.05, 3.63) is 99.3 Å². The first-order valence-electron chi connectivity index (χ1n) is 8.42. The van der Waals surface area contributed by atoms with E-state index in [0.717, 1.165) is 24.3 Å². The molecular formula is C21H14BrF3N2O2. The van der Waals surface area contributed by atoms with Crippen LogP contribution in [0.2, 0.25) is 0 Å². The molecule has 0 aromatic heterocycles. The van der Waals surface area contributed by atoms with Gasteiger partial charge in [0, 0.05) is 16.7 Å². The number of benzene rings is 3. The highest BCUT2D eigenvalue weighted by molar-refractivity contribution is 9.10. The smallest absolute Gasteiger partial charge is 0.256 e. The fourth-order valence-electron chi connectivity index (χ4n) is 2.54. The Kier molecular flexibility index (Phi) is 6.33. The second-order valence-corrected chi connectivity index (χ2v) is 6.92. The summed E-state index contributed by atoms with van der Waals surface area (Å²) in [7, 11) is 0. The van der Waals surface area contributed by atoms with E-state index in [9.17, 15) is 22.8 Å². The Bertz CT molecular complexity index is 1080. The zero-order valence-corrected chi connectivity index (χ0v) is 16.4. The molecule has 0 aliphatic heterocycles. The van der Waals surface area contributed by atoms with E-state index in [1.807, 2.05) is 0 Å². The van der Waals surface area contributed by atoms with Crippen molar-refractivity contribution in [3.63, 3.8) is 0 Å². The highest BCUT2D eigenvalue weighted by Gasteiger charge is 2.19. The van der Waals surface area contributed by atoms with Gasteiger partial charge in [0.05, 0.1) is 11.1 Å². The van der Waals surface area contributed by atoms with Crippen molar-refractivity contribution in [1.82, 2.24) is 5.32 Å². The third-order valence-corrected chi connectivity index (χ3v) is 4.67. The van der Waals surface area contributed by atoms with Crippen molar-refractivity contribution < 1.29 is 22.8 Å². The quantitative estimate of drug-likeness (QED) is 0.557. The number of carbonyl (C=O) groups is 2. The van der Waals surface area contributed by atoms with Crippen molar-refractivity contribution >= 4 is 33.4 Å². The van der Waals surface area contributed by atoms with Gasteiger partial charge in [0.1, 0.15) is 5.82 Å². The number of nitrogens with one attached hydrogen (secondary N) is 2. The van der Waals surface area contributed by atoms with Crippen LogP contribution in [0.1, 0.15) is 26.3 Å². The zero-order chi connectivity index (χ0) is 21.0. The Morgan fingerprint density at radius 2 is 1.52 bits per heavy atom. The lowest BCUT2D eigenvalue weighted by atomic mass is 10.1. The Morgan fingerprint density at radius 3 is 2.21 bits per heavy atom. The molecule has 3 aromatic rings. The molecule has 3 rings (SSSR count). The van der Waals surface area contributed by atoms with Crippen LogP contribution < -0.4 is 10.6 Å². The van der Waals surface area contributed by atoms with E-state index in [2.05, 4.69) is 26.6 Å². The van der Waals surface area contributed by atoms with Gasteiger partial charge in [0.25, 0.3) is 11.8 Å². The minimum atomic E-state index is -1.05. The molecule has 0 heterocycles. The highest BCUT2D eigenvalue weighted by atomic mass is 79.9. The summed E-state index contributed by atoms with van der Waals surface area (Å²) < 4.78 is 40.7. The predicted molar refractivity (Wildman–Crippen MR) is 106 cm³/mol. The van der Waals surface area contributed by atoms with Crippen molar-refractivity contribution in [3.8, 4) is 0 Å². The molecule has 0 bridgehead atoms. The lowest BCUT2D eigenvalue weighted by Gasteiger charge is -2.11. The molecule has 0 aliphatic rings. The van der Waals surface area contributed by atoms with Crippen LogP contribution in [0.3, 0.4) is 0 Å². The van der Waals surface area contributed by atoms with Crippen molar-refractivity contribution in [1.29, 1.82) is 0 Å². The van der Waals surface area contributed by atoms with E-state index < -0.39 is 29.3 Å². The highest BCUT2D eigenvalue weighted by Crippen LogP contribution is 2.23. The fraction of sp³-hybridized carbons (Fsp3) is 0.0476. The topological polar surface area (TPSA) is 58.2 Å². The fourth-order valence-corrected chi connectivity index (χ4v) is 3.04. The summed E-state index contributed by atoms with van der Waals surface area (Å²) in [4.78, 5) is 24.9. The number of carbonyl (C=O) groups excluding carboxylic acids is 2. The molecule has 3 aromatic carbocycles. The minimum Gasteiger partial charge on any atom is -0.348 e. The van der Waals surface area contributed by atoms with E-state index in [4.69, 9.17) is 0 Å². The number of halogens is 4. The molecule has 29 heavy (non-hydrogen) atoms. The number of hydrogen-bond donors (Lipinski definition) is 2. The first-order chi connectivity index (χ1) is 13.8. The third kappa shape index (κ3) is 5.03. The van der Waals surface area contributed by atoms with Gasteiger partial charge in [0.2, 0.25) is 0 Å². The number of amides is 2. The van der Waals surface area contributed by atoms with Gasteiger partial charge in [-0.1, -0.05) is 24.3 Å². The maximum Gasteiger partial charge on any atom is 0.256 e. The summed E-state index contributed by atoms with van der Waals surface area (Å²) in [6.07, 6.45) is 0. The van der Waals surface area contributed by atoms with Gasteiger partial charge in [-0.15, -0.1) is 0 Å². The Morgan fingerprint density at radius 1 is 0.793 bits per heavy atom. The van der Waals surface area contributed by atoms with Gasteiger partial charge in [-0.05, 0) is 57.9 Å². The van der Waals surface area contributed by atoms with Crippen LogP contribution >= 0.6 is 15.9 Å². The van der Waals surface area contributed by atoms with Crippen LogP contribution in [0.5, 0.6) is 0 Å². The number of hydrogen-bond acceptors (Lipinski definition) is 2. The van der Waals surface area contributed by atoms with E-state index in [1.54, 1.807) is 30.3 Å². The van der Waals surface area contributed by atoms with Crippen LogP contribution in [-0.2, 0) is 6.54 Å². The van der Waals surface area contributed by atoms with Crippen LogP contribution in [0.4, 0.5) is 18.9 Å². The third-order valence-electron chi connectivity index (χ3n) is 4.01. The molecule has 0 saturated heterocycles. The molecule has 4 nitrogen and oxygen atoms in total. The Labute approximate surface area is 172 Å². The van der Waals surface area contributed by atoms with Crippen LogP contribution in [-0.4, -0.2) is 11.8 Å². The average molecular weight is 463 g/mol. The number of rotatable bonds is 5. The monoisotopic (exact) mass is 462 g/mol. The Hall–Kier alpha value is -3.13. The molecule has 0 fully saturated rings. The van der Waals surface area contributed by atoms with Gasteiger partial charge in [-0.3, -0.25) is 9.59 Å². The van der Waals surface area contributed by atoms with Crippen molar-refractivity contribution in [2.45, 2.75) is 6.54 Å². The lowest BCUT2D eigenvalue weighted by Crippen LogP contribution is -2.25. The van der Waals surface area contributed by atoms with Gasteiger partial charge in [0.15, 0.2) is 11.6 Å². The summed E-state index contributed by atoms with van der Waals surface area (Å²) in [5.74, 6) is -4.22. The van der Waals surface area contributed by atoms with Crippen LogP contribution in [0.15, 0.2) is 65.1 Å². The van der Waals surface area contributed by atoms with Gasteiger partial charge in [-0.2, -0.15) is 0 Å². The maximum absolute atomic E-state index is 14.3. The standard InChI is InChI=1S/C21H14BrF3N2O2/c22-16-10-18(24)15(9-14(16)21(29)27-13-4-2-1-3-5-13)20(28)26-11-12-6-7-17(23)19(25)8-12/h1-10H,11H2,(H,26,28)(H,27,29). The van der Waals surface area contributed by atoms with Crippen LogP contribution in [0.25, 0.3) is 0 Å². The Balaban J connectivity index is 1.77. The van der Waals surface area contributed by atoms with Crippen molar-refractivity contribution in [2.24, 2.45) is 0 Å². The molecule has 2 N–H and O–H groups in total. The molecule has 0 saturated carbocycles. The number of para-hydroxylation sites is 1. The summed E-state index contributed by atoms with van der Waals surface area (Å²) in [6.45, 7) is -0.142. The molecule has 148 valence electrons. The first-order valence-corrected chi connectivity index (χ1v) is 9.22. The molecule has 0 unspecified atom stereocenters. The molecule has 0 radical (unpaired) electrons. The van der Waals surface area contributed by atoms with Gasteiger partial charge < -0.3 is 10.6 Å². The van der Waals surface area contributed by atoms with Gasteiger partial charge in [-0.25, -0.2) is 13.2 Å². The summed E-state index contributed by atoms with van der Waals surface area (Å²) >= 11 is 3.13. The first kappa shape index (κ1) is 20.6. The minimum absolute atomic E-state index is 0.0632. The van der Waals surface area contributed by atoms with E-state index in [0.29, 0.717) is 11.3 Å². The summed E-state index contributed by atoms with van der Waals surface area (Å²) in [6, 6.07) is 14.0. The average Bonchev–Trinajstić information content (AvgIpc) is 2.69. The molecule has 2 amide bonds. The van der Waals surface area contributed by atoms with Gasteiger partial charge >= 0.3 is 0 Å². The maximum atomic E-state index is 14.3. The second-order valence-electron chi connectivity index (χ2n) is 6.06. The lowest BCUT2D eigenvalue weighted by molar-refractivity contribution is 0.0946. The van der Waals surface area contributed by atoms with Crippen molar-refractivity contribution in [2.75, 3.05) is 5.32 Å². The molecular weight excluding hydrogens is 449 g/mol. The van der Waals surface area contributed by atoms with E-state index in [-0.39, 0.29) is 22.1 Å². The largest absolute Gasteiger partial charge is 0.348 e. The zero-order valence-electron chi connectivity index (χ0n) is 14.8. The number of anilines is 1.